The fourth-order valence-electron chi connectivity index (χ4n) is 3.98. The Morgan fingerprint density at radius 3 is 2.93 bits per heavy atom. The van der Waals surface area contributed by atoms with Crippen molar-refractivity contribution >= 4 is 28.5 Å². The average Bonchev–Trinajstić information content (AvgIpc) is 3.46. The van der Waals surface area contributed by atoms with Gasteiger partial charge in [0.1, 0.15) is 11.5 Å². The van der Waals surface area contributed by atoms with E-state index in [1.165, 1.54) is 10.5 Å². The number of aryl methyl sites for hydroxylation is 1. The van der Waals surface area contributed by atoms with E-state index in [1.54, 1.807) is 29.0 Å². The highest BCUT2D eigenvalue weighted by molar-refractivity contribution is 7.98. The molecule has 1 N–H and O–H groups in total. The van der Waals surface area contributed by atoms with Crippen molar-refractivity contribution in [1.29, 1.82) is 0 Å². The van der Waals surface area contributed by atoms with Gasteiger partial charge < -0.3 is 9.88 Å². The Morgan fingerprint density at radius 1 is 1.25 bits per heavy atom. The zero-order valence-electron chi connectivity index (χ0n) is 15.9. The summed E-state index contributed by atoms with van der Waals surface area (Å²) in [4.78, 5) is 13.8. The minimum Gasteiger partial charge on any atom is -0.360 e. The van der Waals surface area contributed by atoms with Gasteiger partial charge in [-0.05, 0) is 55.9 Å². The van der Waals surface area contributed by atoms with Gasteiger partial charge in [0.2, 0.25) is 0 Å². The van der Waals surface area contributed by atoms with Gasteiger partial charge in [-0.15, -0.1) is 16.6 Å². The Labute approximate surface area is 168 Å². The van der Waals surface area contributed by atoms with Crippen LogP contribution in [-0.2, 0) is 0 Å². The third-order valence-corrected chi connectivity index (χ3v) is 6.04. The molecule has 1 aliphatic rings. The van der Waals surface area contributed by atoms with Crippen molar-refractivity contribution in [3.63, 3.8) is 0 Å². The number of fused-ring (bicyclic) bond motifs is 1. The SMILES string of the molecule is CSc1cccc2nc([C@@H]3CCCN3c3cc(C)c[c]c3-n3nccn3)[nH]c12. The van der Waals surface area contributed by atoms with Gasteiger partial charge in [-0.2, -0.15) is 10.2 Å². The summed E-state index contributed by atoms with van der Waals surface area (Å²) in [6.07, 6.45) is 7.68. The summed E-state index contributed by atoms with van der Waals surface area (Å²) in [5.74, 6) is 1.02. The van der Waals surface area contributed by atoms with E-state index in [0.717, 1.165) is 47.6 Å². The minimum absolute atomic E-state index is 0.201. The van der Waals surface area contributed by atoms with Crippen LogP contribution < -0.4 is 4.90 Å². The van der Waals surface area contributed by atoms with E-state index < -0.39 is 0 Å². The number of benzene rings is 2. The molecular formula is C21H21N6S. The molecule has 6 nitrogen and oxygen atoms in total. The van der Waals surface area contributed by atoms with E-state index in [9.17, 15) is 0 Å². The first kappa shape index (κ1) is 17.3. The third kappa shape index (κ3) is 2.86. The number of rotatable bonds is 4. The number of hydrogen-bond acceptors (Lipinski definition) is 5. The molecule has 5 rings (SSSR count). The third-order valence-electron chi connectivity index (χ3n) is 5.26. The molecule has 1 aliphatic heterocycles. The second-order valence-corrected chi connectivity index (χ2v) is 7.91. The van der Waals surface area contributed by atoms with Crippen molar-refractivity contribution in [2.75, 3.05) is 17.7 Å². The number of nitrogens with one attached hydrogen (secondary N) is 1. The van der Waals surface area contributed by atoms with Crippen LogP contribution in [0.2, 0.25) is 0 Å². The minimum atomic E-state index is 0.201. The Kier molecular flexibility index (Phi) is 4.31. The van der Waals surface area contributed by atoms with Crippen LogP contribution in [0, 0.1) is 13.0 Å². The fourth-order valence-corrected chi connectivity index (χ4v) is 4.56. The molecular weight excluding hydrogens is 368 g/mol. The van der Waals surface area contributed by atoms with Crippen molar-refractivity contribution in [1.82, 2.24) is 25.0 Å². The van der Waals surface area contributed by atoms with Crippen molar-refractivity contribution in [3.8, 4) is 5.69 Å². The molecule has 0 bridgehead atoms. The average molecular weight is 390 g/mol. The molecule has 141 valence electrons. The molecule has 0 aliphatic carbocycles. The van der Waals surface area contributed by atoms with Crippen LogP contribution in [-0.4, -0.2) is 37.8 Å². The van der Waals surface area contributed by atoms with Gasteiger partial charge in [-0.1, -0.05) is 6.07 Å². The van der Waals surface area contributed by atoms with E-state index in [-0.39, 0.29) is 6.04 Å². The number of imidazole rings is 1. The molecule has 1 fully saturated rings. The molecule has 0 amide bonds. The quantitative estimate of drug-likeness (QED) is 0.527. The molecule has 28 heavy (non-hydrogen) atoms. The first-order valence-corrected chi connectivity index (χ1v) is 10.7. The second-order valence-electron chi connectivity index (χ2n) is 7.06. The largest absolute Gasteiger partial charge is 0.360 e. The van der Waals surface area contributed by atoms with E-state index in [1.807, 2.05) is 6.07 Å². The summed E-state index contributed by atoms with van der Waals surface area (Å²) in [5.41, 5.74) is 5.30. The molecule has 2 aromatic carbocycles. The molecule has 0 saturated carbocycles. The topological polar surface area (TPSA) is 62.6 Å². The lowest BCUT2D eigenvalue weighted by atomic mass is 10.1. The molecule has 0 unspecified atom stereocenters. The van der Waals surface area contributed by atoms with Gasteiger partial charge in [0, 0.05) is 17.5 Å². The van der Waals surface area contributed by atoms with Gasteiger partial charge in [0.05, 0.1) is 35.2 Å². The van der Waals surface area contributed by atoms with Crippen molar-refractivity contribution in [2.45, 2.75) is 30.7 Å². The Balaban J connectivity index is 1.60. The zero-order chi connectivity index (χ0) is 19.1. The number of thioether (sulfide) groups is 1. The molecule has 7 heteroatoms. The number of anilines is 1. The normalized spacial score (nSPS) is 16.9. The summed E-state index contributed by atoms with van der Waals surface area (Å²) < 4.78 is 0. The van der Waals surface area contributed by atoms with Crippen LogP contribution in [0.3, 0.4) is 0 Å². The smallest absolute Gasteiger partial charge is 0.130 e. The first-order chi connectivity index (χ1) is 13.7. The van der Waals surface area contributed by atoms with Crippen molar-refractivity contribution < 1.29 is 0 Å². The Bertz CT molecular complexity index is 1120. The molecule has 1 atom stereocenters. The van der Waals surface area contributed by atoms with Crippen LogP contribution in [0.1, 0.15) is 30.3 Å². The standard InChI is InChI=1S/C21H21N6S/c1-14-8-9-16(27-22-10-11-23-27)18(13-14)26-12-4-6-17(26)21-24-15-5-3-7-19(28-2)20(15)25-21/h3,5,7-8,10-11,13,17H,4,6,12H2,1-2H3,(H,24,25)/t17-/m0/s1. The molecule has 2 aromatic heterocycles. The molecule has 1 radical (unpaired) electrons. The monoisotopic (exact) mass is 389 g/mol. The second kappa shape index (κ2) is 6.98. The van der Waals surface area contributed by atoms with E-state index >= 15 is 0 Å². The first-order valence-electron chi connectivity index (χ1n) is 9.43. The summed E-state index contributed by atoms with van der Waals surface area (Å²) >= 11 is 1.74. The Hall–Kier alpha value is -2.80. The van der Waals surface area contributed by atoms with E-state index in [4.69, 9.17) is 4.98 Å². The summed E-state index contributed by atoms with van der Waals surface area (Å²) in [7, 11) is 0. The number of H-pyrrole nitrogens is 1. The number of aromatic nitrogens is 5. The number of hydrogen-bond donors (Lipinski definition) is 1. The highest BCUT2D eigenvalue weighted by Gasteiger charge is 2.31. The summed E-state index contributed by atoms with van der Waals surface area (Å²) in [6, 6.07) is 14.0. The summed E-state index contributed by atoms with van der Waals surface area (Å²) in [6.45, 7) is 3.07. The molecule has 1 saturated heterocycles. The van der Waals surface area contributed by atoms with Crippen molar-refractivity contribution in [3.05, 3.63) is 60.2 Å². The van der Waals surface area contributed by atoms with Gasteiger partial charge in [-0.25, -0.2) is 4.98 Å². The zero-order valence-corrected chi connectivity index (χ0v) is 16.7. The lowest BCUT2D eigenvalue weighted by molar-refractivity contribution is 0.670. The Morgan fingerprint density at radius 2 is 2.11 bits per heavy atom. The van der Waals surface area contributed by atoms with E-state index in [0.29, 0.717) is 0 Å². The lowest BCUT2D eigenvalue weighted by Crippen LogP contribution is -2.25. The number of nitrogens with zero attached hydrogens (tertiary/aromatic N) is 5. The van der Waals surface area contributed by atoms with Gasteiger partial charge in [0.15, 0.2) is 0 Å². The fraction of sp³-hybridized carbons (Fsp3) is 0.286. The van der Waals surface area contributed by atoms with Crippen LogP contribution in [0.5, 0.6) is 0 Å². The predicted molar refractivity (Wildman–Crippen MR) is 112 cm³/mol. The maximum absolute atomic E-state index is 4.94. The molecule has 4 aromatic rings. The maximum Gasteiger partial charge on any atom is 0.130 e. The molecule has 3 heterocycles. The number of para-hydroxylation sites is 1. The number of aromatic amines is 1. The highest BCUT2D eigenvalue weighted by atomic mass is 32.2. The lowest BCUT2D eigenvalue weighted by Gasteiger charge is -2.27. The molecule has 0 spiro atoms. The highest BCUT2D eigenvalue weighted by Crippen LogP contribution is 2.39. The van der Waals surface area contributed by atoms with Crippen molar-refractivity contribution in [2.24, 2.45) is 0 Å². The maximum atomic E-state index is 4.94. The van der Waals surface area contributed by atoms with Crippen LogP contribution in [0.4, 0.5) is 5.69 Å². The van der Waals surface area contributed by atoms with E-state index in [2.05, 4.69) is 63.6 Å². The van der Waals surface area contributed by atoms with Gasteiger partial charge in [0.25, 0.3) is 0 Å². The summed E-state index contributed by atoms with van der Waals surface area (Å²) in [5, 5.41) is 8.65. The van der Waals surface area contributed by atoms with Gasteiger partial charge >= 0.3 is 0 Å². The van der Waals surface area contributed by atoms with Crippen LogP contribution in [0.15, 0.2) is 47.6 Å². The van der Waals surface area contributed by atoms with Crippen LogP contribution in [0.25, 0.3) is 16.7 Å². The van der Waals surface area contributed by atoms with Crippen LogP contribution >= 0.6 is 11.8 Å². The van der Waals surface area contributed by atoms with Gasteiger partial charge in [-0.3, -0.25) is 0 Å². The predicted octanol–water partition coefficient (Wildman–Crippen LogP) is 4.32.